The van der Waals surface area contributed by atoms with Crippen molar-refractivity contribution in [3.05, 3.63) is 88.7 Å². The number of nitrogens with one attached hydrogen (secondary N) is 1. The fraction of sp³-hybridized carbons (Fsp3) is 0.345. The minimum atomic E-state index is -0.308. The average Bonchev–Trinajstić information content (AvgIpc) is 3.49. The van der Waals surface area contributed by atoms with Gasteiger partial charge >= 0.3 is 0 Å². The summed E-state index contributed by atoms with van der Waals surface area (Å²) in [5.74, 6) is 0.219. The molecule has 2 amide bonds. The van der Waals surface area contributed by atoms with E-state index in [1.807, 2.05) is 71.6 Å². The second-order valence-corrected chi connectivity index (χ2v) is 11.4. The van der Waals surface area contributed by atoms with E-state index in [0.717, 1.165) is 22.1 Å². The van der Waals surface area contributed by atoms with Gasteiger partial charge in [-0.25, -0.2) is 4.68 Å². The molecule has 8 heteroatoms. The molecule has 2 aromatic carbocycles. The molecule has 0 saturated carbocycles. The van der Waals surface area contributed by atoms with Gasteiger partial charge in [0.1, 0.15) is 6.61 Å². The molecule has 192 valence electrons. The maximum absolute atomic E-state index is 13.6. The summed E-state index contributed by atoms with van der Waals surface area (Å²) in [6, 6.07) is 17.4. The Kier molecular flexibility index (Phi) is 7.20. The van der Waals surface area contributed by atoms with Gasteiger partial charge in [0, 0.05) is 23.5 Å². The summed E-state index contributed by atoms with van der Waals surface area (Å²) < 4.78 is 8.64. The molecule has 0 aliphatic carbocycles. The molecule has 5 rings (SSSR count). The molecule has 2 atom stereocenters. The van der Waals surface area contributed by atoms with Gasteiger partial charge in [0.25, 0.3) is 5.91 Å². The van der Waals surface area contributed by atoms with Crippen LogP contribution in [0.1, 0.15) is 55.2 Å². The first-order valence-corrected chi connectivity index (χ1v) is 13.4. The molecule has 37 heavy (non-hydrogen) atoms. The number of hydrogen-bond donors (Lipinski definition) is 1. The molecular weight excluding hydrogens is 532 g/mol. The van der Waals surface area contributed by atoms with Gasteiger partial charge < -0.3 is 15.0 Å². The number of para-hydroxylation sites is 1. The summed E-state index contributed by atoms with van der Waals surface area (Å²) in [6.45, 7) is 4.99. The number of rotatable bonds is 2. The fourth-order valence-electron chi connectivity index (χ4n) is 5.00. The smallest absolute Gasteiger partial charge is 0.275 e. The van der Waals surface area contributed by atoms with Crippen molar-refractivity contribution < 1.29 is 14.3 Å². The number of carbonyl (C=O) groups excluding carboxylic acids is 2. The molecule has 1 aromatic heterocycles. The van der Waals surface area contributed by atoms with Crippen LogP contribution in [-0.4, -0.2) is 45.7 Å². The molecule has 0 spiro atoms. The normalized spacial score (nSPS) is 22.8. The molecule has 2 bridgehead atoms. The number of amides is 2. The van der Waals surface area contributed by atoms with E-state index in [2.05, 4.69) is 40.2 Å². The number of allylic oxidation sites excluding steroid dienone is 1. The van der Waals surface area contributed by atoms with Crippen LogP contribution in [0.3, 0.4) is 0 Å². The molecule has 3 heterocycles. The number of fused-ring (bicyclic) bond motifs is 3. The van der Waals surface area contributed by atoms with Gasteiger partial charge in [-0.05, 0) is 48.1 Å². The lowest BCUT2D eigenvalue weighted by Gasteiger charge is -2.30. The predicted molar refractivity (Wildman–Crippen MR) is 146 cm³/mol. The van der Waals surface area contributed by atoms with Crippen molar-refractivity contribution in [3.8, 4) is 11.4 Å². The van der Waals surface area contributed by atoms with Crippen molar-refractivity contribution in [1.29, 1.82) is 0 Å². The molecule has 3 aromatic rings. The van der Waals surface area contributed by atoms with Gasteiger partial charge in [0.05, 0.1) is 17.9 Å². The largest absolute Gasteiger partial charge is 0.485 e. The average molecular weight is 563 g/mol. The minimum Gasteiger partial charge on any atom is -0.485 e. The summed E-state index contributed by atoms with van der Waals surface area (Å²) in [5.41, 5.74) is 1.93. The maximum atomic E-state index is 13.6. The number of hydrogen-bond acceptors (Lipinski definition) is 4. The molecule has 2 aliphatic rings. The Balaban J connectivity index is 1.48. The molecule has 2 aliphatic heterocycles. The zero-order valence-corrected chi connectivity index (χ0v) is 22.6. The molecule has 1 fully saturated rings. The highest BCUT2D eigenvalue weighted by molar-refractivity contribution is 9.10. The van der Waals surface area contributed by atoms with Gasteiger partial charge in [0.2, 0.25) is 5.91 Å². The van der Waals surface area contributed by atoms with E-state index < -0.39 is 0 Å². The Bertz CT molecular complexity index is 1300. The third-order valence-electron chi connectivity index (χ3n) is 6.93. The molecular formula is C29H31BrN4O3. The molecule has 2 unspecified atom stereocenters. The van der Waals surface area contributed by atoms with E-state index in [9.17, 15) is 9.59 Å². The van der Waals surface area contributed by atoms with Crippen LogP contribution in [0.4, 0.5) is 0 Å². The number of benzene rings is 2. The predicted octanol–water partition coefficient (Wildman–Crippen LogP) is 5.46. The molecule has 1 N–H and O–H groups in total. The Morgan fingerprint density at radius 3 is 2.57 bits per heavy atom. The Hall–Kier alpha value is -3.39. The van der Waals surface area contributed by atoms with Crippen LogP contribution in [0.25, 0.3) is 5.69 Å². The monoisotopic (exact) mass is 562 g/mol. The lowest BCUT2D eigenvalue weighted by Crippen LogP contribution is -2.39. The van der Waals surface area contributed by atoms with Crippen LogP contribution >= 0.6 is 15.9 Å². The van der Waals surface area contributed by atoms with Crippen molar-refractivity contribution >= 4 is 27.7 Å². The quantitative estimate of drug-likeness (QED) is 0.420. The van der Waals surface area contributed by atoms with Crippen LogP contribution in [0.2, 0.25) is 0 Å². The zero-order valence-electron chi connectivity index (χ0n) is 21.1. The summed E-state index contributed by atoms with van der Waals surface area (Å²) in [6.07, 6.45) is 7.54. The first-order chi connectivity index (χ1) is 17.8. The summed E-state index contributed by atoms with van der Waals surface area (Å²) in [7, 11) is 0. The highest BCUT2D eigenvalue weighted by Crippen LogP contribution is 2.36. The lowest BCUT2D eigenvalue weighted by molar-refractivity contribution is -0.134. The highest BCUT2D eigenvalue weighted by atomic mass is 79.9. The van der Waals surface area contributed by atoms with Gasteiger partial charge in [-0.1, -0.05) is 72.3 Å². The van der Waals surface area contributed by atoms with Gasteiger partial charge in [0.15, 0.2) is 11.4 Å². The van der Waals surface area contributed by atoms with E-state index in [1.165, 1.54) is 0 Å². The van der Waals surface area contributed by atoms with E-state index >= 15 is 0 Å². The van der Waals surface area contributed by atoms with E-state index in [-0.39, 0.29) is 35.0 Å². The third-order valence-corrected chi connectivity index (χ3v) is 7.46. The van der Waals surface area contributed by atoms with E-state index in [4.69, 9.17) is 4.74 Å². The minimum absolute atomic E-state index is 0.100. The molecule has 0 radical (unpaired) electrons. The van der Waals surface area contributed by atoms with Crippen molar-refractivity contribution in [3.63, 3.8) is 0 Å². The number of aromatic nitrogens is 2. The first kappa shape index (κ1) is 25.3. The fourth-order valence-corrected chi connectivity index (χ4v) is 5.26. The summed E-state index contributed by atoms with van der Waals surface area (Å²) in [5, 5.41) is 7.70. The number of halogens is 1. The van der Waals surface area contributed by atoms with Crippen molar-refractivity contribution in [2.45, 2.75) is 45.2 Å². The molecule has 7 nitrogen and oxygen atoms in total. The first-order valence-electron chi connectivity index (χ1n) is 12.6. The number of nitrogens with zero attached hydrogens (tertiary/aromatic N) is 3. The van der Waals surface area contributed by atoms with Crippen molar-refractivity contribution in [2.24, 2.45) is 5.41 Å². The maximum Gasteiger partial charge on any atom is 0.275 e. The Morgan fingerprint density at radius 1 is 1.05 bits per heavy atom. The van der Waals surface area contributed by atoms with Gasteiger partial charge in [-0.3, -0.25) is 9.59 Å². The van der Waals surface area contributed by atoms with Crippen LogP contribution in [-0.2, 0) is 4.79 Å². The van der Waals surface area contributed by atoms with Crippen molar-refractivity contribution in [1.82, 2.24) is 20.0 Å². The Morgan fingerprint density at radius 2 is 1.81 bits per heavy atom. The van der Waals surface area contributed by atoms with Gasteiger partial charge in [-0.2, -0.15) is 5.10 Å². The van der Waals surface area contributed by atoms with E-state index in [1.54, 1.807) is 10.9 Å². The van der Waals surface area contributed by atoms with Crippen LogP contribution < -0.4 is 10.1 Å². The molecule has 1 saturated heterocycles. The second-order valence-electron chi connectivity index (χ2n) is 10.5. The van der Waals surface area contributed by atoms with E-state index in [0.29, 0.717) is 31.7 Å². The van der Waals surface area contributed by atoms with Crippen LogP contribution in [0.15, 0.2) is 77.4 Å². The summed E-state index contributed by atoms with van der Waals surface area (Å²) in [4.78, 5) is 28.9. The zero-order chi connectivity index (χ0) is 26.0. The topological polar surface area (TPSA) is 76.5 Å². The van der Waals surface area contributed by atoms with Gasteiger partial charge in [-0.15, -0.1) is 0 Å². The van der Waals surface area contributed by atoms with Crippen molar-refractivity contribution in [2.75, 3.05) is 13.2 Å². The van der Waals surface area contributed by atoms with Crippen LogP contribution in [0, 0.1) is 5.41 Å². The number of carbonyl (C=O) groups is 2. The third kappa shape index (κ3) is 5.80. The number of ether oxygens (including phenoxy) is 1. The lowest BCUT2D eigenvalue weighted by atomic mass is 9.85. The SMILES string of the molecule is CC1(C)C/C=C/COc2cn(-c3ccccc3)nc2C(=O)NC2CC(c3ccc(Br)cc3)N(C2)C(=O)C1. The highest BCUT2D eigenvalue weighted by Gasteiger charge is 2.39. The second kappa shape index (κ2) is 10.5. The van der Waals surface area contributed by atoms with Crippen LogP contribution in [0.5, 0.6) is 5.75 Å². The summed E-state index contributed by atoms with van der Waals surface area (Å²) >= 11 is 3.50. The standard InChI is InChI=1S/C29H31BrN4O3/c1-29(2)14-6-7-15-37-25-19-34(23-8-4-3-5-9-23)32-27(25)28(36)31-22-16-24(33(18-22)26(35)17-29)20-10-12-21(30)13-11-20/h3-13,19,22,24H,14-18H2,1-2H3,(H,31,36)/b7-6+. The Labute approximate surface area is 225 Å².